The summed E-state index contributed by atoms with van der Waals surface area (Å²) in [4.78, 5) is 36.6. The Bertz CT molecular complexity index is 758. The molecule has 4 nitrogen and oxygen atoms in total. The second kappa shape index (κ2) is 6.80. The first kappa shape index (κ1) is 20.3. The lowest BCUT2D eigenvalue weighted by molar-refractivity contribution is -0.129. The molecule has 0 bridgehead atoms. The molecule has 0 heterocycles. The fourth-order valence-electron chi connectivity index (χ4n) is 7.52. The summed E-state index contributed by atoms with van der Waals surface area (Å²) in [5, 5.41) is 11.3. The van der Waals surface area contributed by atoms with E-state index >= 15 is 0 Å². The molecule has 0 radical (unpaired) electrons. The third-order valence-electron chi connectivity index (χ3n) is 8.76. The van der Waals surface area contributed by atoms with E-state index in [-0.39, 0.29) is 50.5 Å². The van der Waals surface area contributed by atoms with Gasteiger partial charge in [-0.1, -0.05) is 31.2 Å². The topological polar surface area (TPSA) is 71.4 Å². The zero-order valence-electron chi connectivity index (χ0n) is 17.4. The number of aliphatic hydroxyl groups is 1. The maximum atomic E-state index is 12.4. The number of hydrogen-bond acceptors (Lipinski definition) is 5. The van der Waals surface area contributed by atoms with E-state index in [2.05, 4.69) is 13.8 Å². The minimum Gasteiger partial charge on any atom is -0.393 e. The van der Waals surface area contributed by atoms with Gasteiger partial charge in [-0.25, -0.2) is 0 Å². The molecule has 4 rings (SSSR count). The van der Waals surface area contributed by atoms with Crippen LogP contribution in [0.25, 0.3) is 0 Å². The third kappa shape index (κ3) is 2.87. The first-order valence-electron chi connectivity index (χ1n) is 10.7. The van der Waals surface area contributed by atoms with Crippen LogP contribution in [0.1, 0.15) is 66.2 Å². The van der Waals surface area contributed by atoms with Crippen molar-refractivity contribution in [1.82, 2.24) is 0 Å². The first-order chi connectivity index (χ1) is 13.1. The van der Waals surface area contributed by atoms with Crippen molar-refractivity contribution >= 4 is 28.4 Å². The Balaban J connectivity index is 1.79. The average Bonchev–Trinajstić information content (AvgIpc) is 2.87. The zero-order chi connectivity index (χ0) is 20.4. The van der Waals surface area contributed by atoms with E-state index in [0.29, 0.717) is 18.8 Å². The smallest absolute Gasteiger partial charge is 0.186 e. The molecular weight excluding hydrogens is 372 g/mol. The zero-order valence-corrected chi connectivity index (χ0v) is 18.2. The fourth-order valence-corrected chi connectivity index (χ4v) is 8.72. The van der Waals surface area contributed by atoms with Gasteiger partial charge in [0, 0.05) is 24.5 Å². The van der Waals surface area contributed by atoms with Gasteiger partial charge in [0.05, 0.1) is 6.10 Å². The van der Waals surface area contributed by atoms with Crippen LogP contribution in [0.15, 0.2) is 11.6 Å². The summed E-state index contributed by atoms with van der Waals surface area (Å²) in [5.74, 6) is 0.917. The van der Waals surface area contributed by atoms with Crippen LogP contribution in [0.2, 0.25) is 0 Å². The Kier molecular flexibility index (Phi) is 4.94. The molecule has 0 aromatic rings. The van der Waals surface area contributed by atoms with E-state index in [1.54, 1.807) is 13.8 Å². The highest BCUT2D eigenvalue weighted by Gasteiger charge is 2.64. The molecule has 28 heavy (non-hydrogen) atoms. The molecule has 8 atom stereocenters. The molecule has 0 saturated heterocycles. The van der Waals surface area contributed by atoms with Crippen LogP contribution < -0.4 is 0 Å². The molecule has 0 amide bonds. The number of carbonyl (C=O) groups is 3. The van der Waals surface area contributed by atoms with Crippen molar-refractivity contribution in [3.05, 3.63) is 11.6 Å². The van der Waals surface area contributed by atoms with E-state index in [4.69, 9.17) is 0 Å². The maximum Gasteiger partial charge on any atom is 0.186 e. The number of aliphatic hydroxyl groups excluding tert-OH is 1. The van der Waals surface area contributed by atoms with Crippen molar-refractivity contribution in [3.8, 4) is 0 Å². The van der Waals surface area contributed by atoms with Crippen molar-refractivity contribution in [2.24, 2.45) is 34.5 Å². The molecule has 5 heteroatoms. The van der Waals surface area contributed by atoms with Gasteiger partial charge in [0.15, 0.2) is 10.9 Å². The monoisotopic (exact) mass is 404 g/mol. The SMILES string of the molecule is CC(=O)S[C@@H]1CC2=CC(=O)CC[C@]2(C)[C@H]2CC[C@@]3(C)[C@H]([C@H]12)[C@H](O)C[C@@H]3C(C)=O. The van der Waals surface area contributed by atoms with Crippen molar-refractivity contribution in [3.63, 3.8) is 0 Å². The molecule has 1 N–H and O–H groups in total. The van der Waals surface area contributed by atoms with Gasteiger partial charge in [0.1, 0.15) is 5.78 Å². The summed E-state index contributed by atoms with van der Waals surface area (Å²) in [6.07, 6.45) is 6.07. The standard InChI is InChI=1S/C23H32O4S/c1-12(24)17-11-18(27)21-20-16(6-8-23(17,21)4)22(3)7-5-15(26)9-14(22)10-19(20)28-13(2)25/h9,16-21,27H,5-8,10-11H2,1-4H3/t16-,17+,18+,19+,20-,21-,22-,23+/m0/s1. The van der Waals surface area contributed by atoms with E-state index in [1.165, 1.54) is 17.3 Å². The predicted octanol–water partition coefficient (Wildman–Crippen LogP) is 3.95. The van der Waals surface area contributed by atoms with E-state index < -0.39 is 6.10 Å². The molecule has 154 valence electrons. The number of ketones is 2. The lowest BCUT2D eigenvalue weighted by atomic mass is 9.46. The van der Waals surface area contributed by atoms with E-state index in [1.807, 2.05) is 6.08 Å². The number of allylic oxidation sites excluding steroid dienone is 1. The highest BCUT2D eigenvalue weighted by molar-refractivity contribution is 8.14. The van der Waals surface area contributed by atoms with E-state index in [0.717, 1.165) is 25.7 Å². The molecule has 4 aliphatic carbocycles. The Morgan fingerprint density at radius 3 is 2.57 bits per heavy atom. The Labute approximate surface area is 171 Å². The lowest BCUT2D eigenvalue weighted by Gasteiger charge is -2.60. The highest BCUT2D eigenvalue weighted by atomic mass is 32.2. The summed E-state index contributed by atoms with van der Waals surface area (Å²) in [5.41, 5.74) is 0.995. The van der Waals surface area contributed by atoms with Crippen LogP contribution in [0.3, 0.4) is 0 Å². The van der Waals surface area contributed by atoms with Crippen molar-refractivity contribution in [2.75, 3.05) is 0 Å². The van der Waals surface area contributed by atoms with Gasteiger partial charge in [0.25, 0.3) is 0 Å². The summed E-state index contributed by atoms with van der Waals surface area (Å²) in [6.45, 7) is 7.77. The van der Waals surface area contributed by atoms with Crippen LogP contribution in [0, 0.1) is 34.5 Å². The lowest BCUT2D eigenvalue weighted by Crippen LogP contribution is -2.56. The number of rotatable bonds is 2. The van der Waals surface area contributed by atoms with Gasteiger partial charge in [0.2, 0.25) is 0 Å². The summed E-state index contributed by atoms with van der Waals surface area (Å²) in [6, 6.07) is 0. The third-order valence-corrected chi connectivity index (χ3v) is 9.87. The second-order valence-electron chi connectivity index (χ2n) is 10.1. The van der Waals surface area contributed by atoms with Gasteiger partial charge < -0.3 is 5.11 Å². The van der Waals surface area contributed by atoms with Crippen molar-refractivity contribution in [1.29, 1.82) is 0 Å². The van der Waals surface area contributed by atoms with Crippen LogP contribution in [0.5, 0.6) is 0 Å². The minimum absolute atomic E-state index is 0.0260. The first-order valence-corrected chi connectivity index (χ1v) is 11.6. The van der Waals surface area contributed by atoms with Gasteiger partial charge in [-0.3, -0.25) is 14.4 Å². The Morgan fingerprint density at radius 2 is 1.93 bits per heavy atom. The Hall–Kier alpha value is -0.940. The van der Waals surface area contributed by atoms with Gasteiger partial charge in [-0.15, -0.1) is 0 Å². The summed E-state index contributed by atoms with van der Waals surface area (Å²) < 4.78 is 0. The second-order valence-corrected chi connectivity index (χ2v) is 11.5. The normalized spacial score (nSPS) is 47.6. The van der Waals surface area contributed by atoms with Crippen molar-refractivity contribution < 1.29 is 19.5 Å². The quantitative estimate of drug-likeness (QED) is 0.754. The molecular formula is C23H32O4S. The van der Waals surface area contributed by atoms with Crippen molar-refractivity contribution in [2.45, 2.75) is 77.6 Å². The largest absolute Gasteiger partial charge is 0.393 e. The molecule has 0 unspecified atom stereocenters. The number of Topliss-reactive ketones (excluding diaryl/α,β-unsaturated/α-hetero) is 1. The summed E-state index contributed by atoms with van der Waals surface area (Å²) in [7, 11) is 0. The van der Waals surface area contributed by atoms with Gasteiger partial charge in [-0.2, -0.15) is 0 Å². The molecule has 3 saturated carbocycles. The highest BCUT2D eigenvalue weighted by Crippen LogP contribution is 2.68. The fraction of sp³-hybridized carbons (Fsp3) is 0.783. The number of carbonyl (C=O) groups excluding carboxylic acids is 3. The van der Waals surface area contributed by atoms with Crippen LogP contribution >= 0.6 is 11.8 Å². The van der Waals surface area contributed by atoms with Crippen LogP contribution in [-0.4, -0.2) is 33.1 Å². The van der Waals surface area contributed by atoms with Crippen LogP contribution in [-0.2, 0) is 14.4 Å². The molecule has 4 aliphatic rings. The number of hydrogen-bond donors (Lipinski definition) is 1. The maximum absolute atomic E-state index is 12.4. The molecule has 0 aromatic carbocycles. The molecule has 0 aromatic heterocycles. The number of thioether (sulfide) groups is 1. The summed E-state index contributed by atoms with van der Waals surface area (Å²) >= 11 is 1.39. The minimum atomic E-state index is -0.485. The van der Waals surface area contributed by atoms with Gasteiger partial charge >= 0.3 is 0 Å². The average molecular weight is 405 g/mol. The van der Waals surface area contributed by atoms with Gasteiger partial charge in [-0.05, 0) is 73.7 Å². The van der Waals surface area contributed by atoms with E-state index in [9.17, 15) is 19.5 Å². The Morgan fingerprint density at radius 1 is 1.21 bits per heavy atom. The number of fused-ring (bicyclic) bond motifs is 5. The predicted molar refractivity (Wildman–Crippen MR) is 110 cm³/mol. The molecule has 0 spiro atoms. The molecule has 0 aliphatic heterocycles. The van der Waals surface area contributed by atoms with Crippen LogP contribution in [0.4, 0.5) is 0 Å². The molecule has 3 fully saturated rings.